The largest absolute Gasteiger partial charge is 0.469 e. The Hall–Kier alpha value is -1.91. The maximum Gasteiger partial charge on any atom is 0.315 e. The van der Waals surface area contributed by atoms with Crippen molar-refractivity contribution in [3.63, 3.8) is 0 Å². The molecule has 17 heavy (non-hydrogen) atoms. The van der Waals surface area contributed by atoms with E-state index in [0.29, 0.717) is 6.54 Å². The number of pyridine rings is 1. The fraction of sp³-hybridized carbons (Fsp3) is 0.417. The van der Waals surface area contributed by atoms with Gasteiger partial charge in [0.25, 0.3) is 0 Å². The van der Waals surface area contributed by atoms with E-state index in [9.17, 15) is 9.59 Å². The Morgan fingerprint density at radius 1 is 1.47 bits per heavy atom. The summed E-state index contributed by atoms with van der Waals surface area (Å²) in [6, 6.07) is 3.80. The Morgan fingerprint density at radius 3 is 2.82 bits per heavy atom. The Morgan fingerprint density at radius 2 is 2.24 bits per heavy atom. The van der Waals surface area contributed by atoms with Gasteiger partial charge in [0.15, 0.2) is 0 Å². The van der Waals surface area contributed by atoms with Gasteiger partial charge in [0, 0.05) is 26.0 Å². The van der Waals surface area contributed by atoms with Gasteiger partial charge in [-0.1, -0.05) is 6.07 Å². The fourth-order valence-electron chi connectivity index (χ4n) is 1.30. The summed E-state index contributed by atoms with van der Waals surface area (Å²) >= 11 is 0. The maximum absolute atomic E-state index is 11.5. The molecule has 0 aliphatic rings. The number of hydrogen-bond acceptors (Lipinski definition) is 4. The summed E-state index contributed by atoms with van der Waals surface area (Å²) in [5.41, 5.74) is 1.06. The lowest BCUT2D eigenvalue weighted by atomic mass is 10.2. The summed E-state index contributed by atoms with van der Waals surface area (Å²) in [6.45, 7) is 0.557. The van der Waals surface area contributed by atoms with E-state index in [4.69, 9.17) is 0 Å². The zero-order valence-corrected chi connectivity index (χ0v) is 10.0. The Bertz CT molecular complexity index is 379. The number of ether oxygens (including phenoxy) is 1. The second-order valence-corrected chi connectivity index (χ2v) is 3.68. The molecule has 0 spiro atoms. The van der Waals surface area contributed by atoms with Crippen LogP contribution in [0, 0.1) is 0 Å². The van der Waals surface area contributed by atoms with Gasteiger partial charge in [-0.25, -0.2) is 0 Å². The van der Waals surface area contributed by atoms with Crippen molar-refractivity contribution in [2.75, 3.05) is 20.7 Å². The normalized spacial score (nSPS) is 9.76. The lowest BCUT2D eigenvalue weighted by Gasteiger charge is -2.16. The van der Waals surface area contributed by atoms with Gasteiger partial charge in [0.2, 0.25) is 5.91 Å². The standard InChI is InChI=1S/C12H16N2O3/c1-14(11(15)8-12(16)17-2)7-5-10-4-3-6-13-9-10/h3-4,6,9H,5,7-8H2,1-2H3. The molecule has 1 amide bonds. The Labute approximate surface area is 100 Å². The maximum atomic E-state index is 11.5. The molecule has 0 aliphatic carbocycles. The molecule has 0 unspecified atom stereocenters. The van der Waals surface area contributed by atoms with Crippen LogP contribution < -0.4 is 0 Å². The average molecular weight is 236 g/mol. The van der Waals surface area contributed by atoms with Gasteiger partial charge < -0.3 is 9.64 Å². The van der Waals surface area contributed by atoms with Gasteiger partial charge in [-0.3, -0.25) is 14.6 Å². The third-order valence-electron chi connectivity index (χ3n) is 2.41. The zero-order valence-electron chi connectivity index (χ0n) is 10.0. The Balaban J connectivity index is 2.37. The molecule has 0 saturated carbocycles. The van der Waals surface area contributed by atoms with Crippen molar-refractivity contribution in [1.29, 1.82) is 0 Å². The molecule has 92 valence electrons. The average Bonchev–Trinajstić information content (AvgIpc) is 2.36. The molecule has 0 bridgehead atoms. The minimum Gasteiger partial charge on any atom is -0.469 e. The van der Waals surface area contributed by atoms with Gasteiger partial charge in [0.05, 0.1) is 7.11 Å². The molecule has 0 aliphatic heterocycles. The van der Waals surface area contributed by atoms with Crippen LogP contribution in [0.2, 0.25) is 0 Å². The number of amides is 1. The summed E-state index contributed by atoms with van der Waals surface area (Å²) in [4.78, 5) is 28.0. The minimum absolute atomic E-state index is 0.208. The van der Waals surface area contributed by atoms with Crippen molar-refractivity contribution >= 4 is 11.9 Å². The quantitative estimate of drug-likeness (QED) is 0.556. The first-order valence-corrected chi connectivity index (χ1v) is 5.33. The van der Waals surface area contributed by atoms with Gasteiger partial charge >= 0.3 is 5.97 Å². The molecule has 1 rings (SSSR count). The number of nitrogens with zero attached hydrogens (tertiary/aromatic N) is 2. The second-order valence-electron chi connectivity index (χ2n) is 3.68. The van der Waals surface area contributed by atoms with Crippen molar-refractivity contribution in [3.05, 3.63) is 30.1 Å². The van der Waals surface area contributed by atoms with E-state index in [-0.39, 0.29) is 12.3 Å². The van der Waals surface area contributed by atoms with Crippen molar-refractivity contribution in [2.24, 2.45) is 0 Å². The van der Waals surface area contributed by atoms with Crippen LogP contribution in [0.4, 0.5) is 0 Å². The summed E-state index contributed by atoms with van der Waals surface area (Å²) in [5, 5.41) is 0. The summed E-state index contributed by atoms with van der Waals surface area (Å²) in [7, 11) is 2.94. The molecule has 0 atom stereocenters. The molecule has 0 radical (unpaired) electrons. The van der Waals surface area contributed by atoms with Crippen LogP contribution in [0.15, 0.2) is 24.5 Å². The predicted octanol–water partition coefficient (Wildman–Crippen LogP) is 0.646. The first-order chi connectivity index (χ1) is 8.13. The summed E-state index contributed by atoms with van der Waals surface area (Å²) < 4.78 is 4.44. The van der Waals surface area contributed by atoms with Crippen LogP contribution >= 0.6 is 0 Å². The topological polar surface area (TPSA) is 59.5 Å². The first-order valence-electron chi connectivity index (χ1n) is 5.33. The molecule has 0 fully saturated rings. The SMILES string of the molecule is COC(=O)CC(=O)N(C)CCc1cccnc1. The highest BCUT2D eigenvalue weighted by Gasteiger charge is 2.13. The highest BCUT2D eigenvalue weighted by Crippen LogP contribution is 2.00. The monoisotopic (exact) mass is 236 g/mol. The van der Waals surface area contributed by atoms with Crippen LogP contribution in [0.25, 0.3) is 0 Å². The number of aromatic nitrogens is 1. The van der Waals surface area contributed by atoms with E-state index < -0.39 is 5.97 Å². The van der Waals surface area contributed by atoms with Crippen LogP contribution in [-0.2, 0) is 20.7 Å². The Kier molecular flexibility index (Phi) is 5.13. The van der Waals surface area contributed by atoms with E-state index in [1.165, 1.54) is 12.0 Å². The summed E-state index contributed by atoms with van der Waals surface area (Å²) in [6.07, 6.45) is 3.98. The number of hydrogen-bond donors (Lipinski definition) is 0. The highest BCUT2D eigenvalue weighted by atomic mass is 16.5. The van der Waals surface area contributed by atoms with Crippen LogP contribution in [0.1, 0.15) is 12.0 Å². The number of esters is 1. The zero-order chi connectivity index (χ0) is 12.7. The molecular formula is C12H16N2O3. The number of methoxy groups -OCH3 is 1. The number of likely N-dealkylation sites (N-methyl/N-ethyl adjacent to an activating group) is 1. The third-order valence-corrected chi connectivity index (χ3v) is 2.41. The van der Waals surface area contributed by atoms with E-state index in [0.717, 1.165) is 12.0 Å². The molecule has 5 nitrogen and oxygen atoms in total. The minimum atomic E-state index is -0.511. The van der Waals surface area contributed by atoms with Gasteiger partial charge in [-0.15, -0.1) is 0 Å². The van der Waals surface area contributed by atoms with Gasteiger partial charge in [-0.05, 0) is 18.1 Å². The van der Waals surface area contributed by atoms with Crippen LogP contribution in [0.5, 0.6) is 0 Å². The predicted molar refractivity (Wildman–Crippen MR) is 62.2 cm³/mol. The summed E-state index contributed by atoms with van der Waals surface area (Å²) in [5.74, 6) is -0.746. The van der Waals surface area contributed by atoms with Crippen LogP contribution in [0.3, 0.4) is 0 Å². The van der Waals surface area contributed by atoms with Crippen molar-refractivity contribution in [2.45, 2.75) is 12.8 Å². The second kappa shape index (κ2) is 6.62. The molecule has 1 aromatic rings. The van der Waals surface area contributed by atoms with Crippen LogP contribution in [-0.4, -0.2) is 42.5 Å². The molecule has 1 aromatic heterocycles. The first kappa shape index (κ1) is 13.2. The van der Waals surface area contributed by atoms with E-state index in [2.05, 4.69) is 9.72 Å². The van der Waals surface area contributed by atoms with E-state index in [1.54, 1.807) is 19.4 Å². The van der Waals surface area contributed by atoms with Crippen molar-refractivity contribution < 1.29 is 14.3 Å². The lowest BCUT2D eigenvalue weighted by molar-refractivity contribution is -0.146. The van der Waals surface area contributed by atoms with E-state index >= 15 is 0 Å². The fourth-order valence-corrected chi connectivity index (χ4v) is 1.30. The molecule has 0 saturated heterocycles. The lowest BCUT2D eigenvalue weighted by Crippen LogP contribution is -2.30. The number of carbonyl (C=O) groups excluding carboxylic acids is 2. The molecule has 5 heteroatoms. The highest BCUT2D eigenvalue weighted by molar-refractivity contribution is 5.94. The molecular weight excluding hydrogens is 220 g/mol. The van der Waals surface area contributed by atoms with Gasteiger partial charge in [0.1, 0.15) is 6.42 Å². The number of rotatable bonds is 5. The van der Waals surface area contributed by atoms with Gasteiger partial charge in [-0.2, -0.15) is 0 Å². The molecule has 0 aromatic carbocycles. The van der Waals surface area contributed by atoms with E-state index in [1.807, 2.05) is 12.1 Å². The molecule has 0 N–H and O–H groups in total. The third kappa shape index (κ3) is 4.63. The van der Waals surface area contributed by atoms with Crippen molar-refractivity contribution in [3.8, 4) is 0 Å². The number of carbonyl (C=O) groups is 2. The molecule has 1 heterocycles. The smallest absolute Gasteiger partial charge is 0.315 e. The van der Waals surface area contributed by atoms with Crippen molar-refractivity contribution in [1.82, 2.24) is 9.88 Å².